The number of hydrogen-bond donors (Lipinski definition) is 1. The molecule has 1 aliphatic rings. The molecule has 0 saturated carbocycles. The van der Waals surface area contributed by atoms with Gasteiger partial charge in [0.15, 0.2) is 17.6 Å². The summed E-state index contributed by atoms with van der Waals surface area (Å²) in [6.45, 7) is 10.2. The number of fused-ring (bicyclic) bond motifs is 1. The summed E-state index contributed by atoms with van der Waals surface area (Å²) < 4.78 is 23.5. The predicted octanol–water partition coefficient (Wildman–Crippen LogP) is 3.95. The number of rotatable bonds is 11. The number of carbonyl (C=O) groups excluding carboxylic acids is 1. The van der Waals surface area contributed by atoms with Gasteiger partial charge in [-0.15, -0.1) is 0 Å². The van der Waals surface area contributed by atoms with Gasteiger partial charge < -0.3 is 29.2 Å². The van der Waals surface area contributed by atoms with Crippen molar-refractivity contribution in [3.63, 3.8) is 0 Å². The molecule has 1 amide bonds. The summed E-state index contributed by atoms with van der Waals surface area (Å²) in [6, 6.07) is 9.99. The molecule has 2 aromatic rings. The number of amides is 1. The van der Waals surface area contributed by atoms with Gasteiger partial charge in [0.05, 0.1) is 13.2 Å². The molecule has 180 valence electrons. The number of nitrogens with zero attached hydrogens (tertiary/aromatic N) is 1. The molecule has 3 rings (SSSR count). The summed E-state index contributed by atoms with van der Waals surface area (Å²) >= 11 is 0. The largest absolute Gasteiger partial charge is 0.494 e. The summed E-state index contributed by atoms with van der Waals surface area (Å²) in [5.74, 6) is 2.95. The Labute approximate surface area is 197 Å². The number of nitrogens with one attached hydrogen (secondary N) is 1. The maximum absolute atomic E-state index is 12.2. The van der Waals surface area contributed by atoms with Crippen molar-refractivity contribution in [2.45, 2.75) is 59.4 Å². The molecule has 1 N–H and O–H groups in total. The first-order valence-corrected chi connectivity index (χ1v) is 11.6. The molecular formula is C26H36N2O5. The van der Waals surface area contributed by atoms with Crippen LogP contribution >= 0.6 is 0 Å². The van der Waals surface area contributed by atoms with Crippen molar-refractivity contribution < 1.29 is 23.7 Å². The van der Waals surface area contributed by atoms with E-state index in [0.29, 0.717) is 37.8 Å². The molecule has 7 nitrogen and oxygen atoms in total. The normalized spacial score (nSPS) is 15.4. The average Bonchev–Trinajstić information content (AvgIpc) is 3.14. The quantitative estimate of drug-likeness (QED) is 0.552. The molecule has 0 aromatic heterocycles. The average molecular weight is 457 g/mol. The molecule has 2 aromatic carbocycles. The summed E-state index contributed by atoms with van der Waals surface area (Å²) in [4.78, 5) is 13.7. The Bertz CT molecular complexity index is 960. The Balaban J connectivity index is 1.67. The van der Waals surface area contributed by atoms with Gasteiger partial charge in [0.2, 0.25) is 0 Å². The molecule has 33 heavy (non-hydrogen) atoms. The van der Waals surface area contributed by atoms with Crippen LogP contribution in [-0.2, 0) is 24.3 Å². The van der Waals surface area contributed by atoms with Gasteiger partial charge in [-0.2, -0.15) is 0 Å². The number of hydrogen-bond acceptors (Lipinski definition) is 6. The van der Waals surface area contributed by atoms with Crippen molar-refractivity contribution in [3.05, 3.63) is 47.0 Å². The van der Waals surface area contributed by atoms with E-state index in [2.05, 4.69) is 24.4 Å². The minimum Gasteiger partial charge on any atom is -0.494 e. The zero-order valence-corrected chi connectivity index (χ0v) is 20.6. The lowest BCUT2D eigenvalue weighted by Crippen LogP contribution is -2.35. The lowest BCUT2D eigenvalue weighted by molar-refractivity contribution is -0.135. The van der Waals surface area contributed by atoms with Crippen molar-refractivity contribution in [1.29, 1.82) is 0 Å². The van der Waals surface area contributed by atoms with Gasteiger partial charge in [-0.3, -0.25) is 4.79 Å². The van der Waals surface area contributed by atoms with Crippen LogP contribution in [0.25, 0.3) is 0 Å². The summed E-state index contributed by atoms with van der Waals surface area (Å²) in [5, 5.41) is 3.49. The first-order valence-electron chi connectivity index (χ1n) is 11.6. The van der Waals surface area contributed by atoms with Gasteiger partial charge in [0, 0.05) is 44.7 Å². The van der Waals surface area contributed by atoms with E-state index < -0.39 is 6.10 Å². The fourth-order valence-corrected chi connectivity index (χ4v) is 3.88. The molecule has 0 fully saturated rings. The van der Waals surface area contributed by atoms with Crippen LogP contribution in [0.4, 0.5) is 0 Å². The first kappa shape index (κ1) is 24.7. The Morgan fingerprint density at radius 1 is 1.09 bits per heavy atom. The van der Waals surface area contributed by atoms with Crippen LogP contribution < -0.4 is 24.3 Å². The number of likely N-dealkylation sites (N-methyl/N-ethyl adjacent to an activating group) is 1. The highest BCUT2D eigenvalue weighted by atomic mass is 16.5. The monoisotopic (exact) mass is 456 g/mol. The second kappa shape index (κ2) is 11.3. The Morgan fingerprint density at radius 3 is 2.52 bits per heavy atom. The SMILES string of the molecule is CCOc1cc2c(cc1CNCc1ccc(O[C@@H](C)C(=O)N(C)C)c(OCC)c1)O[C@H](C)C2. The maximum Gasteiger partial charge on any atom is 0.262 e. The minimum absolute atomic E-state index is 0.0963. The fraction of sp³-hybridized carbons (Fsp3) is 0.500. The highest BCUT2D eigenvalue weighted by molar-refractivity contribution is 5.80. The number of ether oxygens (including phenoxy) is 4. The molecule has 0 bridgehead atoms. The van der Waals surface area contributed by atoms with E-state index in [0.717, 1.165) is 29.0 Å². The Morgan fingerprint density at radius 2 is 1.82 bits per heavy atom. The molecule has 0 saturated heterocycles. The van der Waals surface area contributed by atoms with E-state index in [1.165, 1.54) is 10.5 Å². The van der Waals surface area contributed by atoms with Gasteiger partial charge in [0.25, 0.3) is 5.91 Å². The summed E-state index contributed by atoms with van der Waals surface area (Å²) in [5.41, 5.74) is 3.33. The zero-order valence-electron chi connectivity index (χ0n) is 20.6. The molecular weight excluding hydrogens is 420 g/mol. The smallest absolute Gasteiger partial charge is 0.262 e. The summed E-state index contributed by atoms with van der Waals surface area (Å²) in [7, 11) is 3.43. The van der Waals surface area contributed by atoms with Gasteiger partial charge >= 0.3 is 0 Å². The van der Waals surface area contributed by atoms with Crippen LogP contribution in [0.3, 0.4) is 0 Å². The maximum atomic E-state index is 12.2. The van der Waals surface area contributed by atoms with Gasteiger partial charge in [-0.05, 0) is 57.5 Å². The van der Waals surface area contributed by atoms with Crippen molar-refractivity contribution in [1.82, 2.24) is 10.2 Å². The van der Waals surface area contributed by atoms with E-state index in [1.807, 2.05) is 32.0 Å². The molecule has 2 atom stereocenters. The van der Waals surface area contributed by atoms with Gasteiger partial charge in [-0.25, -0.2) is 0 Å². The minimum atomic E-state index is -0.593. The predicted molar refractivity (Wildman–Crippen MR) is 128 cm³/mol. The van der Waals surface area contributed by atoms with E-state index in [9.17, 15) is 4.79 Å². The second-order valence-corrected chi connectivity index (χ2v) is 8.44. The van der Waals surface area contributed by atoms with Crippen molar-refractivity contribution in [2.24, 2.45) is 0 Å². The van der Waals surface area contributed by atoms with Crippen molar-refractivity contribution in [3.8, 4) is 23.0 Å². The first-order chi connectivity index (χ1) is 15.8. The molecule has 0 unspecified atom stereocenters. The second-order valence-electron chi connectivity index (χ2n) is 8.44. The zero-order chi connectivity index (χ0) is 24.0. The number of benzene rings is 2. The van der Waals surface area contributed by atoms with Crippen LogP contribution in [0.5, 0.6) is 23.0 Å². The lowest BCUT2D eigenvalue weighted by atomic mass is 10.1. The van der Waals surface area contributed by atoms with Crippen LogP contribution in [0, 0.1) is 0 Å². The standard InChI is InChI=1S/C26H36N2O5/c1-7-30-23-13-20-11-17(3)32-24(20)14-21(23)16-27-15-19-9-10-22(25(12-19)31-8-2)33-18(4)26(29)28(5)6/h9-10,12-14,17-18,27H,7-8,11,15-16H2,1-6H3/t17-,18+/m1/s1. The highest BCUT2D eigenvalue weighted by Gasteiger charge is 2.22. The van der Waals surface area contributed by atoms with Crippen LogP contribution in [0.2, 0.25) is 0 Å². The van der Waals surface area contributed by atoms with E-state index in [4.69, 9.17) is 18.9 Å². The molecule has 1 heterocycles. The molecule has 0 aliphatic carbocycles. The van der Waals surface area contributed by atoms with Gasteiger partial charge in [-0.1, -0.05) is 6.07 Å². The molecule has 1 aliphatic heterocycles. The van der Waals surface area contributed by atoms with Crippen molar-refractivity contribution >= 4 is 5.91 Å². The third-order valence-corrected chi connectivity index (χ3v) is 5.42. The van der Waals surface area contributed by atoms with Gasteiger partial charge in [0.1, 0.15) is 17.6 Å². The van der Waals surface area contributed by atoms with Crippen molar-refractivity contribution in [2.75, 3.05) is 27.3 Å². The van der Waals surface area contributed by atoms with E-state index in [-0.39, 0.29) is 12.0 Å². The van der Waals surface area contributed by atoms with E-state index in [1.54, 1.807) is 21.0 Å². The third kappa shape index (κ3) is 6.32. The molecule has 0 radical (unpaired) electrons. The molecule has 7 heteroatoms. The summed E-state index contributed by atoms with van der Waals surface area (Å²) in [6.07, 6.45) is 0.521. The Kier molecular flexibility index (Phi) is 8.44. The number of carbonyl (C=O) groups is 1. The van der Waals surface area contributed by atoms with Crippen LogP contribution in [0.15, 0.2) is 30.3 Å². The topological polar surface area (TPSA) is 69.3 Å². The van der Waals surface area contributed by atoms with Crippen LogP contribution in [-0.4, -0.2) is 50.3 Å². The molecule has 0 spiro atoms. The third-order valence-electron chi connectivity index (χ3n) is 5.42. The lowest BCUT2D eigenvalue weighted by Gasteiger charge is -2.20. The fourth-order valence-electron chi connectivity index (χ4n) is 3.88. The highest BCUT2D eigenvalue weighted by Crippen LogP contribution is 2.35. The van der Waals surface area contributed by atoms with E-state index >= 15 is 0 Å². The Hall–Kier alpha value is -2.93. The van der Waals surface area contributed by atoms with Crippen LogP contribution in [0.1, 0.15) is 44.4 Å².